The third kappa shape index (κ3) is 3.92. The largest absolute Gasteiger partial charge is 0.354 e. The molecule has 1 amide bonds. The number of amides is 1. The van der Waals surface area contributed by atoms with Crippen LogP contribution in [-0.4, -0.2) is 12.5 Å². The van der Waals surface area contributed by atoms with Gasteiger partial charge in [-0.3, -0.25) is 4.79 Å². The van der Waals surface area contributed by atoms with Gasteiger partial charge in [0.1, 0.15) is 5.92 Å². The van der Waals surface area contributed by atoms with Crippen LogP contribution in [0.4, 0.5) is 0 Å². The zero-order valence-electron chi connectivity index (χ0n) is 10.3. The SMILES string of the molecule is CCC(C)CNC(=O)C(C#N)c1ccccc1. The maximum Gasteiger partial charge on any atom is 0.241 e. The zero-order chi connectivity index (χ0) is 12.7. The molecule has 1 aromatic rings. The summed E-state index contributed by atoms with van der Waals surface area (Å²) in [6, 6.07) is 11.2. The molecule has 1 aromatic carbocycles. The summed E-state index contributed by atoms with van der Waals surface area (Å²) in [4.78, 5) is 11.9. The first-order valence-electron chi connectivity index (χ1n) is 5.91. The first-order chi connectivity index (χ1) is 8.19. The molecule has 0 saturated carbocycles. The van der Waals surface area contributed by atoms with Crippen LogP contribution in [0.2, 0.25) is 0 Å². The third-order valence-electron chi connectivity index (χ3n) is 2.85. The van der Waals surface area contributed by atoms with Crippen LogP contribution >= 0.6 is 0 Å². The molecule has 0 heterocycles. The van der Waals surface area contributed by atoms with Crippen LogP contribution in [0.5, 0.6) is 0 Å². The van der Waals surface area contributed by atoms with E-state index in [0.29, 0.717) is 12.5 Å². The zero-order valence-corrected chi connectivity index (χ0v) is 10.3. The van der Waals surface area contributed by atoms with E-state index in [9.17, 15) is 4.79 Å². The van der Waals surface area contributed by atoms with Crippen LogP contribution < -0.4 is 5.32 Å². The summed E-state index contributed by atoms with van der Waals surface area (Å²) in [7, 11) is 0. The van der Waals surface area contributed by atoms with E-state index in [0.717, 1.165) is 12.0 Å². The highest BCUT2D eigenvalue weighted by Crippen LogP contribution is 2.14. The van der Waals surface area contributed by atoms with Crippen molar-refractivity contribution in [3.05, 3.63) is 35.9 Å². The minimum atomic E-state index is -0.708. The van der Waals surface area contributed by atoms with Crippen molar-refractivity contribution in [3.63, 3.8) is 0 Å². The maximum atomic E-state index is 11.9. The van der Waals surface area contributed by atoms with Gasteiger partial charge in [-0.2, -0.15) is 5.26 Å². The highest BCUT2D eigenvalue weighted by Gasteiger charge is 2.19. The van der Waals surface area contributed by atoms with E-state index < -0.39 is 5.92 Å². The molecule has 0 radical (unpaired) electrons. The summed E-state index contributed by atoms with van der Waals surface area (Å²) >= 11 is 0. The van der Waals surface area contributed by atoms with E-state index in [1.807, 2.05) is 24.3 Å². The number of hydrogen-bond donors (Lipinski definition) is 1. The lowest BCUT2D eigenvalue weighted by Gasteiger charge is -2.13. The summed E-state index contributed by atoms with van der Waals surface area (Å²) in [6.45, 7) is 4.78. The molecule has 1 N–H and O–H groups in total. The van der Waals surface area contributed by atoms with Crippen LogP contribution in [-0.2, 0) is 4.79 Å². The normalized spacial score (nSPS) is 13.5. The van der Waals surface area contributed by atoms with Gasteiger partial charge in [0.05, 0.1) is 6.07 Å². The van der Waals surface area contributed by atoms with Crippen molar-refractivity contribution < 1.29 is 4.79 Å². The Morgan fingerprint density at radius 2 is 2.06 bits per heavy atom. The Kier molecular flexibility index (Phi) is 5.22. The van der Waals surface area contributed by atoms with Crippen LogP contribution in [0.1, 0.15) is 31.7 Å². The first-order valence-corrected chi connectivity index (χ1v) is 5.91. The number of nitrogens with one attached hydrogen (secondary N) is 1. The molecule has 1 rings (SSSR count). The Morgan fingerprint density at radius 1 is 1.41 bits per heavy atom. The lowest BCUT2D eigenvalue weighted by atomic mass is 9.99. The highest BCUT2D eigenvalue weighted by atomic mass is 16.1. The standard InChI is InChI=1S/C14H18N2O/c1-3-11(2)10-16-14(17)13(9-15)12-7-5-4-6-8-12/h4-8,11,13H,3,10H2,1-2H3,(H,16,17). The van der Waals surface area contributed by atoms with Crippen LogP contribution in [0.15, 0.2) is 30.3 Å². The van der Waals surface area contributed by atoms with Crippen molar-refractivity contribution in [2.45, 2.75) is 26.2 Å². The second-order valence-electron chi connectivity index (χ2n) is 4.23. The lowest BCUT2D eigenvalue weighted by molar-refractivity contribution is -0.121. The van der Waals surface area contributed by atoms with E-state index in [4.69, 9.17) is 5.26 Å². The van der Waals surface area contributed by atoms with Crippen molar-refractivity contribution in [2.24, 2.45) is 5.92 Å². The topological polar surface area (TPSA) is 52.9 Å². The molecule has 2 atom stereocenters. The quantitative estimate of drug-likeness (QED) is 0.844. The molecule has 2 unspecified atom stereocenters. The molecule has 0 aliphatic carbocycles. The van der Waals surface area contributed by atoms with Gasteiger partial charge >= 0.3 is 0 Å². The van der Waals surface area contributed by atoms with Crippen molar-refractivity contribution in [2.75, 3.05) is 6.54 Å². The Labute approximate surface area is 102 Å². The van der Waals surface area contributed by atoms with E-state index in [-0.39, 0.29) is 5.91 Å². The molecule has 0 aromatic heterocycles. The number of nitriles is 1. The Bertz CT molecular complexity index is 394. The Hall–Kier alpha value is -1.82. The molecule has 0 aliphatic heterocycles. The van der Waals surface area contributed by atoms with Crippen molar-refractivity contribution >= 4 is 5.91 Å². The van der Waals surface area contributed by atoms with Gasteiger partial charge in [0, 0.05) is 6.54 Å². The minimum absolute atomic E-state index is 0.209. The second kappa shape index (κ2) is 6.70. The van der Waals surface area contributed by atoms with Gasteiger partial charge in [0.15, 0.2) is 0 Å². The molecule has 17 heavy (non-hydrogen) atoms. The number of carbonyl (C=O) groups is 1. The molecule has 3 heteroatoms. The molecule has 90 valence electrons. The number of hydrogen-bond acceptors (Lipinski definition) is 2. The van der Waals surface area contributed by atoms with Crippen molar-refractivity contribution in [1.82, 2.24) is 5.32 Å². The molecule has 0 aliphatic rings. The van der Waals surface area contributed by atoms with Gasteiger partial charge in [-0.05, 0) is 11.5 Å². The molecule has 3 nitrogen and oxygen atoms in total. The third-order valence-corrected chi connectivity index (χ3v) is 2.85. The fraction of sp³-hybridized carbons (Fsp3) is 0.429. The number of nitrogens with zero attached hydrogens (tertiary/aromatic N) is 1. The summed E-state index contributed by atoms with van der Waals surface area (Å²) < 4.78 is 0. The molecule has 0 spiro atoms. The van der Waals surface area contributed by atoms with Crippen LogP contribution in [0.3, 0.4) is 0 Å². The van der Waals surface area contributed by atoms with Crippen LogP contribution in [0.25, 0.3) is 0 Å². The molecule has 0 saturated heterocycles. The Morgan fingerprint density at radius 3 is 2.59 bits per heavy atom. The van der Waals surface area contributed by atoms with E-state index in [2.05, 4.69) is 19.2 Å². The summed E-state index contributed by atoms with van der Waals surface area (Å²) in [5, 5.41) is 11.9. The van der Waals surface area contributed by atoms with Gasteiger partial charge in [0.25, 0.3) is 0 Å². The van der Waals surface area contributed by atoms with Crippen LogP contribution in [0, 0.1) is 17.2 Å². The lowest BCUT2D eigenvalue weighted by Crippen LogP contribution is -2.32. The van der Waals surface area contributed by atoms with Gasteiger partial charge < -0.3 is 5.32 Å². The smallest absolute Gasteiger partial charge is 0.241 e. The number of rotatable bonds is 5. The van der Waals surface area contributed by atoms with Gasteiger partial charge in [-0.25, -0.2) is 0 Å². The predicted molar refractivity (Wildman–Crippen MR) is 67.3 cm³/mol. The average Bonchev–Trinajstić information content (AvgIpc) is 2.38. The number of carbonyl (C=O) groups excluding carboxylic acids is 1. The Balaban J connectivity index is 2.63. The summed E-state index contributed by atoms with van der Waals surface area (Å²) in [5.41, 5.74) is 0.747. The highest BCUT2D eigenvalue weighted by molar-refractivity contribution is 5.86. The molecular formula is C14H18N2O. The van der Waals surface area contributed by atoms with Gasteiger partial charge in [-0.15, -0.1) is 0 Å². The van der Waals surface area contributed by atoms with Crippen molar-refractivity contribution in [3.8, 4) is 6.07 Å². The fourth-order valence-corrected chi connectivity index (χ4v) is 1.45. The predicted octanol–water partition coefficient (Wildman–Crippen LogP) is 2.46. The maximum absolute atomic E-state index is 11.9. The van der Waals surface area contributed by atoms with Gasteiger partial charge in [-0.1, -0.05) is 50.6 Å². The van der Waals surface area contributed by atoms with E-state index >= 15 is 0 Å². The summed E-state index contributed by atoms with van der Waals surface area (Å²) in [6.07, 6.45) is 1.02. The average molecular weight is 230 g/mol. The second-order valence-corrected chi connectivity index (χ2v) is 4.23. The molecular weight excluding hydrogens is 212 g/mol. The number of benzene rings is 1. The van der Waals surface area contributed by atoms with Gasteiger partial charge in [0.2, 0.25) is 5.91 Å². The minimum Gasteiger partial charge on any atom is -0.354 e. The monoisotopic (exact) mass is 230 g/mol. The van der Waals surface area contributed by atoms with Crippen molar-refractivity contribution in [1.29, 1.82) is 5.26 Å². The summed E-state index contributed by atoms with van der Waals surface area (Å²) in [5.74, 6) is -0.478. The molecule has 0 bridgehead atoms. The van der Waals surface area contributed by atoms with E-state index in [1.165, 1.54) is 0 Å². The first kappa shape index (κ1) is 13.2. The fourth-order valence-electron chi connectivity index (χ4n) is 1.45. The molecule has 0 fully saturated rings. The van der Waals surface area contributed by atoms with E-state index in [1.54, 1.807) is 12.1 Å².